The second kappa shape index (κ2) is 11.3. The first-order chi connectivity index (χ1) is 18.7. The Hall–Kier alpha value is -3.14. The highest BCUT2D eigenvalue weighted by Crippen LogP contribution is 2.32. The number of aromatic nitrogens is 2. The van der Waals surface area contributed by atoms with E-state index in [2.05, 4.69) is 57.7 Å². The Morgan fingerprint density at radius 3 is 1.34 bits per heavy atom. The molecule has 2 heterocycles. The summed E-state index contributed by atoms with van der Waals surface area (Å²) in [7, 11) is 0. The molecule has 0 unspecified atom stereocenters. The molecule has 0 saturated carbocycles. The van der Waals surface area contributed by atoms with Crippen LogP contribution in [0.4, 0.5) is 11.4 Å². The van der Waals surface area contributed by atoms with Gasteiger partial charge in [0.1, 0.15) is 13.1 Å². The van der Waals surface area contributed by atoms with Gasteiger partial charge in [-0.1, -0.05) is 49.9 Å². The van der Waals surface area contributed by atoms with Crippen LogP contribution in [0, 0.1) is 0 Å². The molecule has 198 valence electrons. The van der Waals surface area contributed by atoms with Crippen LogP contribution in [-0.4, -0.2) is 0 Å². The number of nitrogen functional groups attached to an aromatic ring is 2. The topological polar surface area (TPSA) is 59.8 Å². The molecular weight excluding hydrogens is 464 g/mol. The number of hydrogen-bond donors (Lipinski definition) is 2. The second-order valence-electron chi connectivity index (χ2n) is 11.6. The maximum absolute atomic E-state index is 6.55. The summed E-state index contributed by atoms with van der Waals surface area (Å²) in [4.78, 5) is 0. The van der Waals surface area contributed by atoms with E-state index < -0.39 is 0 Å². The van der Waals surface area contributed by atoms with Crippen molar-refractivity contribution in [3.05, 3.63) is 71.0 Å². The van der Waals surface area contributed by atoms with Crippen LogP contribution in [0.25, 0.3) is 21.8 Å². The molecule has 0 radical (unpaired) electrons. The van der Waals surface area contributed by atoms with Crippen molar-refractivity contribution in [2.45, 2.75) is 103 Å². The summed E-state index contributed by atoms with van der Waals surface area (Å²) in [6.07, 6.45) is 17.7. The van der Waals surface area contributed by atoms with Crippen LogP contribution in [0.15, 0.2) is 48.5 Å². The number of aryl methyl sites for hydroxylation is 2. The molecule has 4 aromatic rings. The van der Waals surface area contributed by atoms with Gasteiger partial charge in [-0.25, -0.2) is 0 Å². The van der Waals surface area contributed by atoms with Crippen LogP contribution in [0.5, 0.6) is 0 Å². The van der Waals surface area contributed by atoms with E-state index in [1.165, 1.54) is 121 Å². The summed E-state index contributed by atoms with van der Waals surface area (Å²) in [6.45, 7) is 2.25. The van der Waals surface area contributed by atoms with Crippen LogP contribution in [0.1, 0.15) is 86.7 Å². The third kappa shape index (κ3) is 4.74. The summed E-state index contributed by atoms with van der Waals surface area (Å²) in [5.41, 5.74) is 23.6. The van der Waals surface area contributed by atoms with Crippen molar-refractivity contribution >= 4 is 33.2 Å². The predicted octanol–water partition coefficient (Wildman–Crippen LogP) is 6.53. The third-order valence-electron chi connectivity index (χ3n) is 9.16. The molecule has 2 aliphatic carbocycles. The summed E-state index contributed by atoms with van der Waals surface area (Å²) in [5.74, 6) is 0. The highest BCUT2D eigenvalue weighted by Gasteiger charge is 2.29. The number of hydrogen-bond acceptors (Lipinski definition) is 2. The first-order valence-electron chi connectivity index (χ1n) is 15.2. The van der Waals surface area contributed by atoms with Crippen molar-refractivity contribution in [1.29, 1.82) is 0 Å². The highest BCUT2D eigenvalue weighted by molar-refractivity contribution is 5.90. The van der Waals surface area contributed by atoms with Crippen LogP contribution in [0.3, 0.4) is 0 Å². The van der Waals surface area contributed by atoms with Crippen molar-refractivity contribution in [2.75, 3.05) is 11.5 Å². The van der Waals surface area contributed by atoms with Gasteiger partial charge >= 0.3 is 0 Å². The normalized spacial score (nSPS) is 14.4. The van der Waals surface area contributed by atoms with Crippen molar-refractivity contribution in [3.63, 3.8) is 0 Å². The lowest BCUT2D eigenvalue weighted by molar-refractivity contribution is -0.679. The lowest BCUT2D eigenvalue weighted by Crippen LogP contribution is -2.40. The Labute approximate surface area is 227 Å². The van der Waals surface area contributed by atoms with Crippen molar-refractivity contribution in [1.82, 2.24) is 0 Å². The first-order valence-corrected chi connectivity index (χ1v) is 15.2. The zero-order chi connectivity index (χ0) is 25.9. The predicted molar refractivity (Wildman–Crippen MR) is 158 cm³/mol. The summed E-state index contributed by atoms with van der Waals surface area (Å²) in [5, 5.41) is 2.48. The summed E-state index contributed by atoms with van der Waals surface area (Å²) >= 11 is 0. The molecule has 4 heteroatoms. The molecule has 38 heavy (non-hydrogen) atoms. The largest absolute Gasteiger partial charge is 0.398 e. The molecule has 6 rings (SSSR count). The van der Waals surface area contributed by atoms with E-state index >= 15 is 0 Å². The summed E-state index contributed by atoms with van der Waals surface area (Å²) in [6, 6.07) is 17.4. The quantitative estimate of drug-likeness (QED) is 0.179. The number of benzene rings is 2. The van der Waals surface area contributed by atoms with Crippen LogP contribution >= 0.6 is 0 Å². The molecule has 0 spiro atoms. The maximum atomic E-state index is 6.55. The average Bonchev–Trinajstić information content (AvgIpc) is 3.64. The van der Waals surface area contributed by atoms with Gasteiger partial charge in [0.15, 0.2) is 11.4 Å². The number of anilines is 2. The van der Waals surface area contributed by atoms with Gasteiger partial charge in [0.25, 0.3) is 0 Å². The lowest BCUT2D eigenvalue weighted by Gasteiger charge is -2.11. The van der Waals surface area contributed by atoms with E-state index in [1.807, 2.05) is 0 Å². The number of nitrogens with two attached hydrogens (primary N) is 2. The standard InChI is InChI=1S/C34H42N4/c35-33-25-15-7-9-19-29(25)37(31-21-13-17-27(31)33)23-11-5-3-1-2-4-6-12-24-38-30-20-10-8-16-26(30)34(36)28-18-14-22-32(28)38/h7-10,15-16,19-20,35-36H,1-6,11-14,17-18,21-24H2/p+2. The Balaban J connectivity index is 0.951. The lowest BCUT2D eigenvalue weighted by atomic mass is 10.0. The number of nitrogens with zero attached hydrogens (tertiary/aromatic N) is 2. The first kappa shape index (κ1) is 25.2. The fraction of sp³-hybridized carbons (Fsp3) is 0.471. The van der Waals surface area contributed by atoms with Gasteiger partial charge in [-0.2, -0.15) is 9.13 Å². The SMILES string of the molecule is Nc1c2c([n+](CCCCCCCCCC[n+]3c4c(c(N)c5ccccc53)CCC4)c3ccccc13)CCC2. The third-order valence-corrected chi connectivity index (χ3v) is 9.16. The molecule has 2 aliphatic rings. The summed E-state index contributed by atoms with van der Waals surface area (Å²) < 4.78 is 5.17. The van der Waals surface area contributed by atoms with Crippen molar-refractivity contribution in [2.24, 2.45) is 0 Å². The minimum Gasteiger partial charge on any atom is -0.398 e. The van der Waals surface area contributed by atoms with Crippen molar-refractivity contribution in [3.8, 4) is 0 Å². The van der Waals surface area contributed by atoms with Crippen LogP contribution in [-0.2, 0) is 38.8 Å². The Morgan fingerprint density at radius 2 is 0.895 bits per heavy atom. The van der Waals surface area contributed by atoms with Gasteiger partial charge in [0, 0.05) is 48.9 Å². The van der Waals surface area contributed by atoms with Gasteiger partial charge in [0.2, 0.25) is 11.0 Å². The van der Waals surface area contributed by atoms with Gasteiger partial charge in [-0.15, -0.1) is 0 Å². The smallest absolute Gasteiger partial charge is 0.214 e. The van der Waals surface area contributed by atoms with Crippen LogP contribution in [0.2, 0.25) is 0 Å². The van der Waals surface area contributed by atoms with E-state index in [-0.39, 0.29) is 0 Å². The Morgan fingerprint density at radius 1 is 0.500 bits per heavy atom. The minimum atomic E-state index is 1.02. The van der Waals surface area contributed by atoms with Gasteiger partial charge < -0.3 is 11.5 Å². The monoisotopic (exact) mass is 508 g/mol. The number of pyridine rings is 2. The Kier molecular flexibility index (Phi) is 7.49. The fourth-order valence-corrected chi connectivity index (χ4v) is 7.23. The zero-order valence-electron chi connectivity index (χ0n) is 23.0. The molecule has 0 saturated heterocycles. The number of unbranched alkanes of at least 4 members (excludes halogenated alkanes) is 7. The fourth-order valence-electron chi connectivity index (χ4n) is 7.23. The molecular formula is C34H44N4+2. The van der Waals surface area contributed by atoms with Crippen molar-refractivity contribution < 1.29 is 9.13 Å². The molecule has 0 amide bonds. The molecule has 0 atom stereocenters. The van der Waals surface area contributed by atoms with E-state index in [0.29, 0.717) is 0 Å². The number of para-hydroxylation sites is 2. The molecule has 2 aromatic carbocycles. The van der Waals surface area contributed by atoms with E-state index in [9.17, 15) is 0 Å². The maximum Gasteiger partial charge on any atom is 0.214 e. The molecule has 0 aliphatic heterocycles. The molecule has 4 N–H and O–H groups in total. The zero-order valence-corrected chi connectivity index (χ0v) is 23.0. The van der Waals surface area contributed by atoms with Crippen LogP contribution < -0.4 is 20.6 Å². The minimum absolute atomic E-state index is 1.02. The highest BCUT2D eigenvalue weighted by atomic mass is 15.0. The second-order valence-corrected chi connectivity index (χ2v) is 11.6. The van der Waals surface area contributed by atoms with E-state index in [1.54, 1.807) is 0 Å². The molecule has 0 bridgehead atoms. The van der Waals surface area contributed by atoms with E-state index in [4.69, 9.17) is 11.5 Å². The van der Waals surface area contributed by atoms with Gasteiger partial charge in [-0.3, -0.25) is 0 Å². The average molecular weight is 509 g/mol. The van der Waals surface area contributed by atoms with Gasteiger partial charge in [-0.05, 0) is 50.7 Å². The molecule has 2 aromatic heterocycles. The van der Waals surface area contributed by atoms with Gasteiger partial charge in [0.05, 0.1) is 22.1 Å². The number of rotatable bonds is 11. The molecule has 4 nitrogen and oxygen atoms in total. The Bertz CT molecular complexity index is 1340. The molecule has 0 fully saturated rings. The van der Waals surface area contributed by atoms with E-state index in [0.717, 1.165) is 37.3 Å². The number of fused-ring (bicyclic) bond motifs is 4.